The Morgan fingerprint density at radius 3 is 2.45 bits per heavy atom. The molecule has 152 valence electrons. The Labute approximate surface area is 166 Å². The van der Waals surface area contributed by atoms with Gasteiger partial charge in [0.1, 0.15) is 17.6 Å². The van der Waals surface area contributed by atoms with E-state index in [9.17, 15) is 9.59 Å². The van der Waals surface area contributed by atoms with Crippen molar-refractivity contribution in [3.8, 4) is 11.1 Å². The molecule has 0 fully saturated rings. The summed E-state index contributed by atoms with van der Waals surface area (Å²) in [5.74, 6) is -1.34. The normalized spacial score (nSPS) is 11.1. The van der Waals surface area contributed by atoms with Crippen molar-refractivity contribution in [2.45, 2.75) is 33.8 Å². The predicted octanol–water partition coefficient (Wildman–Crippen LogP) is 2.62. The van der Waals surface area contributed by atoms with E-state index in [0.717, 1.165) is 0 Å². The highest BCUT2D eigenvalue weighted by Gasteiger charge is 2.30. The van der Waals surface area contributed by atoms with Gasteiger partial charge in [-0.1, -0.05) is 12.1 Å². The zero-order chi connectivity index (χ0) is 21.1. The van der Waals surface area contributed by atoms with Gasteiger partial charge in [-0.05, 0) is 44.1 Å². The van der Waals surface area contributed by atoms with Gasteiger partial charge in [0.05, 0.1) is 35.2 Å². The van der Waals surface area contributed by atoms with Crippen molar-refractivity contribution in [3.63, 3.8) is 0 Å². The first-order valence-electron chi connectivity index (χ1n) is 9.07. The number of carbonyl (C=O) groups is 2. The molecular weight excluding hydrogens is 378 g/mol. The molecular formula is C20H21N3O6. The average molecular weight is 399 g/mol. The first-order chi connectivity index (χ1) is 13.8. The number of carbonyl (C=O) groups excluding carboxylic acids is 2. The Kier molecular flexibility index (Phi) is 5.88. The molecule has 0 unspecified atom stereocenters. The van der Waals surface area contributed by atoms with Crippen LogP contribution in [0, 0.1) is 13.8 Å². The molecule has 0 aliphatic heterocycles. The highest BCUT2D eigenvalue weighted by Crippen LogP contribution is 2.36. The third-order valence-electron chi connectivity index (χ3n) is 4.19. The van der Waals surface area contributed by atoms with E-state index in [4.69, 9.17) is 19.2 Å². The number of aliphatic hydroxyl groups excluding tert-OH is 1. The number of nitrogens with zero attached hydrogens (tertiary/aromatic N) is 3. The molecule has 0 aliphatic carbocycles. The van der Waals surface area contributed by atoms with Crippen LogP contribution < -0.4 is 0 Å². The second-order valence-electron chi connectivity index (χ2n) is 6.66. The van der Waals surface area contributed by atoms with Crippen LogP contribution in [0.5, 0.6) is 0 Å². The number of esters is 2. The minimum atomic E-state index is -0.717. The van der Waals surface area contributed by atoms with Crippen LogP contribution in [-0.4, -0.2) is 51.7 Å². The predicted molar refractivity (Wildman–Crippen MR) is 102 cm³/mol. The molecule has 0 saturated carbocycles. The fourth-order valence-corrected chi connectivity index (χ4v) is 3.11. The topological polar surface area (TPSA) is 125 Å². The fourth-order valence-electron chi connectivity index (χ4n) is 3.11. The number of hydrogen-bond acceptors (Lipinski definition) is 9. The summed E-state index contributed by atoms with van der Waals surface area (Å²) in [7, 11) is 0. The van der Waals surface area contributed by atoms with E-state index >= 15 is 0 Å². The van der Waals surface area contributed by atoms with Crippen LogP contribution in [-0.2, 0) is 9.47 Å². The first-order valence-corrected chi connectivity index (χ1v) is 9.07. The molecule has 9 nitrogen and oxygen atoms in total. The summed E-state index contributed by atoms with van der Waals surface area (Å²) in [6.07, 6.45) is -0.370. The minimum absolute atomic E-state index is 0.0928. The Morgan fingerprint density at radius 1 is 1.10 bits per heavy atom. The van der Waals surface area contributed by atoms with Crippen molar-refractivity contribution in [1.82, 2.24) is 15.3 Å². The van der Waals surface area contributed by atoms with E-state index in [1.165, 1.54) is 0 Å². The van der Waals surface area contributed by atoms with Gasteiger partial charge in [-0.25, -0.2) is 14.2 Å². The number of pyridine rings is 1. The lowest BCUT2D eigenvalue weighted by molar-refractivity contribution is 0.0377. The zero-order valence-electron chi connectivity index (χ0n) is 16.6. The van der Waals surface area contributed by atoms with Crippen molar-refractivity contribution >= 4 is 23.0 Å². The highest BCUT2D eigenvalue weighted by atomic mass is 16.6. The zero-order valence-corrected chi connectivity index (χ0v) is 16.6. The lowest BCUT2D eigenvalue weighted by Gasteiger charge is -2.18. The largest absolute Gasteiger partial charge is 0.460 e. The van der Waals surface area contributed by atoms with Gasteiger partial charge >= 0.3 is 11.9 Å². The standard InChI is InChI=1S/C20H21N3O6/c1-10(2)28-20(26)16-12(4)21-11(3)15(19(25)27-9-8-24)17(16)13-6-5-7-14-18(13)23-29-22-14/h5-7,10,24H,8-9H2,1-4H3. The van der Waals surface area contributed by atoms with Crippen LogP contribution in [0.15, 0.2) is 22.8 Å². The third-order valence-corrected chi connectivity index (χ3v) is 4.19. The molecule has 0 saturated heterocycles. The maximum atomic E-state index is 12.9. The van der Waals surface area contributed by atoms with E-state index in [0.29, 0.717) is 28.0 Å². The van der Waals surface area contributed by atoms with E-state index in [-0.39, 0.29) is 36.0 Å². The molecule has 0 spiro atoms. The van der Waals surface area contributed by atoms with Crippen molar-refractivity contribution < 1.29 is 28.8 Å². The van der Waals surface area contributed by atoms with Gasteiger partial charge in [-0.3, -0.25) is 4.98 Å². The van der Waals surface area contributed by atoms with E-state index in [2.05, 4.69) is 15.3 Å². The summed E-state index contributed by atoms with van der Waals surface area (Å²) < 4.78 is 15.4. The highest BCUT2D eigenvalue weighted by molar-refractivity contribution is 6.10. The van der Waals surface area contributed by atoms with Gasteiger partial charge < -0.3 is 14.6 Å². The van der Waals surface area contributed by atoms with Gasteiger partial charge in [-0.2, -0.15) is 0 Å². The van der Waals surface area contributed by atoms with Crippen molar-refractivity contribution in [3.05, 3.63) is 40.7 Å². The molecule has 3 aromatic rings. The number of hydrogen-bond donors (Lipinski definition) is 1. The second-order valence-corrected chi connectivity index (χ2v) is 6.66. The third kappa shape index (κ3) is 3.95. The Morgan fingerprint density at radius 2 is 1.79 bits per heavy atom. The number of aliphatic hydroxyl groups is 1. The molecule has 0 atom stereocenters. The van der Waals surface area contributed by atoms with Crippen LogP contribution in [0.3, 0.4) is 0 Å². The molecule has 0 bridgehead atoms. The van der Waals surface area contributed by atoms with Gasteiger partial charge in [-0.15, -0.1) is 0 Å². The van der Waals surface area contributed by atoms with Gasteiger partial charge in [0.2, 0.25) is 0 Å². The molecule has 0 amide bonds. The molecule has 29 heavy (non-hydrogen) atoms. The van der Waals surface area contributed by atoms with Crippen LogP contribution in [0.4, 0.5) is 0 Å². The van der Waals surface area contributed by atoms with Crippen LogP contribution >= 0.6 is 0 Å². The van der Waals surface area contributed by atoms with Crippen molar-refractivity contribution in [1.29, 1.82) is 0 Å². The molecule has 1 aromatic carbocycles. The summed E-state index contributed by atoms with van der Waals surface area (Å²) >= 11 is 0. The quantitative estimate of drug-likeness (QED) is 0.623. The minimum Gasteiger partial charge on any atom is -0.460 e. The molecule has 3 rings (SSSR count). The summed E-state index contributed by atoms with van der Waals surface area (Å²) in [5.41, 5.74) is 2.59. The maximum absolute atomic E-state index is 12.9. The second kappa shape index (κ2) is 8.36. The summed E-state index contributed by atoms with van der Waals surface area (Å²) in [5, 5.41) is 16.8. The van der Waals surface area contributed by atoms with Crippen molar-refractivity contribution in [2.75, 3.05) is 13.2 Å². The number of fused-ring (bicyclic) bond motifs is 1. The summed E-state index contributed by atoms with van der Waals surface area (Å²) in [6.45, 7) is 6.25. The monoisotopic (exact) mass is 399 g/mol. The van der Waals surface area contributed by atoms with Crippen LogP contribution in [0.25, 0.3) is 22.2 Å². The summed E-state index contributed by atoms with van der Waals surface area (Å²) in [6, 6.07) is 5.12. The molecule has 0 aliphatic rings. The van der Waals surface area contributed by atoms with Crippen molar-refractivity contribution in [2.24, 2.45) is 0 Å². The number of aryl methyl sites for hydroxylation is 2. The van der Waals surface area contributed by atoms with Gasteiger partial charge in [0.15, 0.2) is 0 Å². The fraction of sp³-hybridized carbons (Fsp3) is 0.350. The first kappa shape index (κ1) is 20.4. The Bertz CT molecular complexity index is 1070. The molecule has 0 radical (unpaired) electrons. The Balaban J connectivity index is 2.36. The Hall–Kier alpha value is -3.33. The van der Waals surface area contributed by atoms with E-state index in [1.807, 2.05) is 0 Å². The summed E-state index contributed by atoms with van der Waals surface area (Å²) in [4.78, 5) is 30.1. The van der Waals surface area contributed by atoms with Crippen LogP contribution in [0.2, 0.25) is 0 Å². The average Bonchev–Trinajstić information content (AvgIpc) is 3.13. The number of aromatic nitrogens is 3. The number of benzene rings is 1. The lowest BCUT2D eigenvalue weighted by atomic mass is 9.91. The SMILES string of the molecule is Cc1nc(C)c(C(=O)OC(C)C)c(-c2cccc3nonc23)c1C(=O)OCCO. The smallest absolute Gasteiger partial charge is 0.340 e. The number of rotatable bonds is 6. The molecule has 2 aromatic heterocycles. The molecule has 9 heteroatoms. The molecule has 1 N–H and O–H groups in total. The maximum Gasteiger partial charge on any atom is 0.340 e. The molecule has 2 heterocycles. The lowest BCUT2D eigenvalue weighted by Crippen LogP contribution is -2.20. The van der Waals surface area contributed by atoms with E-state index in [1.54, 1.807) is 45.9 Å². The van der Waals surface area contributed by atoms with Crippen LogP contribution in [0.1, 0.15) is 46.0 Å². The van der Waals surface area contributed by atoms with Gasteiger partial charge in [0, 0.05) is 11.1 Å². The number of ether oxygens (including phenoxy) is 2. The van der Waals surface area contributed by atoms with Gasteiger partial charge in [0.25, 0.3) is 0 Å². The van der Waals surface area contributed by atoms with E-state index < -0.39 is 11.9 Å².